The Balaban J connectivity index is 1.77. The number of piperidine rings is 1. The first-order chi connectivity index (χ1) is 11.0. The van der Waals surface area contributed by atoms with Gasteiger partial charge >= 0.3 is 0 Å². The first-order valence-electron chi connectivity index (χ1n) is 7.41. The van der Waals surface area contributed by atoms with Crippen molar-refractivity contribution in [2.24, 2.45) is 7.05 Å². The summed E-state index contributed by atoms with van der Waals surface area (Å²) >= 11 is 0. The van der Waals surface area contributed by atoms with Crippen molar-refractivity contribution >= 4 is 10.0 Å². The molecule has 1 unspecified atom stereocenters. The molecule has 0 spiro atoms. The fourth-order valence-electron chi connectivity index (χ4n) is 2.89. The molecule has 1 aliphatic heterocycles. The number of nitrogens with zero attached hydrogens (tertiary/aromatic N) is 5. The first kappa shape index (κ1) is 16.0. The lowest BCUT2D eigenvalue weighted by Gasteiger charge is -2.31. The van der Waals surface area contributed by atoms with Gasteiger partial charge in [-0.15, -0.1) is 5.10 Å². The lowest BCUT2D eigenvalue weighted by atomic mass is 9.99. The SMILES string of the molecule is Cn1nnnc1C1CCCN(S(=O)(=O)Cc2ccccc2F)C1. The predicted molar refractivity (Wildman–Crippen MR) is 81.4 cm³/mol. The van der Waals surface area contributed by atoms with Crippen LogP contribution >= 0.6 is 0 Å². The Morgan fingerprint density at radius 1 is 1.35 bits per heavy atom. The number of aryl methyl sites for hydroxylation is 1. The van der Waals surface area contributed by atoms with E-state index in [1.807, 2.05) is 0 Å². The van der Waals surface area contributed by atoms with E-state index in [0.29, 0.717) is 18.9 Å². The minimum absolute atomic E-state index is 0.0425. The molecule has 3 rings (SSSR count). The van der Waals surface area contributed by atoms with Crippen LogP contribution in [-0.2, 0) is 22.8 Å². The highest BCUT2D eigenvalue weighted by Gasteiger charge is 2.32. The molecule has 1 aromatic heterocycles. The van der Waals surface area contributed by atoms with Crippen LogP contribution in [0.1, 0.15) is 30.1 Å². The Hall–Kier alpha value is -1.87. The molecule has 1 saturated heterocycles. The zero-order chi connectivity index (χ0) is 16.4. The van der Waals surface area contributed by atoms with Gasteiger partial charge in [-0.05, 0) is 29.3 Å². The molecule has 1 aromatic carbocycles. The van der Waals surface area contributed by atoms with Gasteiger partial charge in [0.1, 0.15) is 5.82 Å². The van der Waals surface area contributed by atoms with Crippen molar-refractivity contribution in [3.8, 4) is 0 Å². The summed E-state index contributed by atoms with van der Waals surface area (Å²) in [6.07, 6.45) is 1.56. The van der Waals surface area contributed by atoms with E-state index in [0.717, 1.165) is 12.8 Å². The molecule has 2 aromatic rings. The van der Waals surface area contributed by atoms with Crippen LogP contribution < -0.4 is 0 Å². The van der Waals surface area contributed by atoms with Crippen molar-refractivity contribution in [1.29, 1.82) is 0 Å². The summed E-state index contributed by atoms with van der Waals surface area (Å²) in [7, 11) is -1.84. The second-order valence-corrected chi connectivity index (χ2v) is 7.67. The summed E-state index contributed by atoms with van der Waals surface area (Å²) in [6, 6.07) is 5.96. The minimum Gasteiger partial charge on any atom is -0.232 e. The smallest absolute Gasteiger partial charge is 0.218 e. The van der Waals surface area contributed by atoms with Gasteiger partial charge in [-0.3, -0.25) is 0 Å². The molecule has 2 heterocycles. The van der Waals surface area contributed by atoms with Gasteiger partial charge in [0.15, 0.2) is 5.82 Å². The molecule has 0 saturated carbocycles. The summed E-state index contributed by atoms with van der Waals surface area (Å²) < 4.78 is 41.9. The molecule has 124 valence electrons. The van der Waals surface area contributed by atoms with Gasteiger partial charge in [-0.1, -0.05) is 18.2 Å². The maximum absolute atomic E-state index is 13.7. The van der Waals surface area contributed by atoms with E-state index < -0.39 is 15.8 Å². The molecule has 9 heteroatoms. The van der Waals surface area contributed by atoms with Gasteiger partial charge in [-0.2, -0.15) is 0 Å². The number of rotatable bonds is 4. The average Bonchev–Trinajstić information content (AvgIpc) is 2.96. The second kappa shape index (κ2) is 6.32. The van der Waals surface area contributed by atoms with Gasteiger partial charge in [0.2, 0.25) is 10.0 Å². The fourth-order valence-corrected chi connectivity index (χ4v) is 4.52. The van der Waals surface area contributed by atoms with Crippen LogP contribution in [0.3, 0.4) is 0 Å². The number of tetrazole rings is 1. The highest BCUT2D eigenvalue weighted by atomic mass is 32.2. The maximum Gasteiger partial charge on any atom is 0.218 e. The molecule has 1 atom stereocenters. The number of benzene rings is 1. The summed E-state index contributed by atoms with van der Waals surface area (Å²) in [5.74, 6) is -0.194. The van der Waals surface area contributed by atoms with Crippen LogP contribution in [0.15, 0.2) is 24.3 Å². The summed E-state index contributed by atoms with van der Waals surface area (Å²) in [5.41, 5.74) is 0.190. The van der Waals surface area contributed by atoms with Crippen molar-refractivity contribution in [1.82, 2.24) is 24.5 Å². The largest absolute Gasteiger partial charge is 0.232 e. The summed E-state index contributed by atoms with van der Waals surface area (Å²) in [5, 5.41) is 11.4. The molecule has 7 nitrogen and oxygen atoms in total. The average molecular weight is 339 g/mol. The molecule has 0 N–H and O–H groups in total. The van der Waals surface area contributed by atoms with Crippen LogP contribution in [0.25, 0.3) is 0 Å². The standard InChI is InChI=1S/C14H18FN5O2S/c1-19-14(16-17-18-19)11-6-4-8-20(9-11)23(21,22)10-12-5-2-3-7-13(12)15/h2-3,5,7,11H,4,6,8-10H2,1H3. The number of sulfonamides is 1. The zero-order valence-corrected chi connectivity index (χ0v) is 13.6. The molecule has 0 aliphatic carbocycles. The van der Waals surface area contributed by atoms with Crippen molar-refractivity contribution in [2.75, 3.05) is 13.1 Å². The van der Waals surface area contributed by atoms with E-state index in [-0.39, 0.29) is 17.2 Å². The number of hydrogen-bond acceptors (Lipinski definition) is 5. The Morgan fingerprint density at radius 2 is 2.13 bits per heavy atom. The van der Waals surface area contributed by atoms with Crippen molar-refractivity contribution in [3.63, 3.8) is 0 Å². The fraction of sp³-hybridized carbons (Fsp3) is 0.500. The minimum atomic E-state index is -3.58. The van der Waals surface area contributed by atoms with Gasteiger partial charge in [0, 0.05) is 31.6 Å². The van der Waals surface area contributed by atoms with Crippen LogP contribution in [-0.4, -0.2) is 46.0 Å². The van der Waals surface area contributed by atoms with E-state index in [1.165, 1.54) is 16.4 Å². The molecular weight excluding hydrogens is 321 g/mol. The van der Waals surface area contributed by atoms with Crippen LogP contribution in [0, 0.1) is 5.82 Å². The van der Waals surface area contributed by atoms with Gasteiger partial charge < -0.3 is 0 Å². The zero-order valence-electron chi connectivity index (χ0n) is 12.8. The normalized spacial score (nSPS) is 19.8. The Morgan fingerprint density at radius 3 is 2.83 bits per heavy atom. The van der Waals surface area contributed by atoms with Crippen molar-refractivity contribution in [2.45, 2.75) is 24.5 Å². The van der Waals surface area contributed by atoms with E-state index in [2.05, 4.69) is 15.5 Å². The second-order valence-electron chi connectivity index (χ2n) is 5.71. The third-order valence-electron chi connectivity index (χ3n) is 4.09. The summed E-state index contributed by atoms with van der Waals surface area (Å²) in [4.78, 5) is 0. The highest BCUT2D eigenvalue weighted by Crippen LogP contribution is 2.27. The lowest BCUT2D eigenvalue weighted by molar-refractivity contribution is 0.304. The van der Waals surface area contributed by atoms with Crippen molar-refractivity contribution < 1.29 is 12.8 Å². The van der Waals surface area contributed by atoms with E-state index >= 15 is 0 Å². The molecule has 1 aliphatic rings. The molecular formula is C14H18FN5O2S. The van der Waals surface area contributed by atoms with Crippen LogP contribution in [0.2, 0.25) is 0 Å². The quantitative estimate of drug-likeness (QED) is 0.832. The predicted octanol–water partition coefficient (Wildman–Crippen LogP) is 1.06. The monoisotopic (exact) mass is 339 g/mol. The molecule has 0 amide bonds. The van der Waals surface area contributed by atoms with Gasteiger partial charge in [-0.25, -0.2) is 21.8 Å². The first-order valence-corrected chi connectivity index (χ1v) is 9.02. The number of hydrogen-bond donors (Lipinski definition) is 0. The maximum atomic E-state index is 13.7. The third-order valence-corrected chi connectivity index (χ3v) is 5.89. The molecule has 23 heavy (non-hydrogen) atoms. The Bertz CT molecular complexity index is 792. The topological polar surface area (TPSA) is 81.0 Å². The number of aromatic nitrogens is 4. The van der Waals surface area contributed by atoms with E-state index in [1.54, 1.807) is 23.9 Å². The van der Waals surface area contributed by atoms with E-state index in [4.69, 9.17) is 0 Å². The Kier molecular flexibility index (Phi) is 4.40. The van der Waals surface area contributed by atoms with Gasteiger partial charge in [0.05, 0.1) is 5.75 Å². The van der Waals surface area contributed by atoms with Crippen molar-refractivity contribution in [3.05, 3.63) is 41.5 Å². The molecule has 0 radical (unpaired) electrons. The third kappa shape index (κ3) is 3.40. The lowest BCUT2D eigenvalue weighted by Crippen LogP contribution is -2.40. The summed E-state index contributed by atoms with van der Waals surface area (Å²) in [6.45, 7) is 0.767. The highest BCUT2D eigenvalue weighted by molar-refractivity contribution is 7.88. The molecule has 1 fully saturated rings. The number of halogens is 1. The Labute approximate surface area is 134 Å². The van der Waals surface area contributed by atoms with Gasteiger partial charge in [0.25, 0.3) is 0 Å². The molecule has 0 bridgehead atoms. The van der Waals surface area contributed by atoms with Crippen LogP contribution in [0.5, 0.6) is 0 Å². The van der Waals surface area contributed by atoms with E-state index in [9.17, 15) is 12.8 Å². The van der Waals surface area contributed by atoms with Crippen LogP contribution in [0.4, 0.5) is 4.39 Å².